The topological polar surface area (TPSA) is 64.9 Å². The van der Waals surface area contributed by atoms with Crippen LogP contribution in [0, 0.1) is 11.3 Å². The van der Waals surface area contributed by atoms with Gasteiger partial charge in [-0.05, 0) is 32.0 Å². The summed E-state index contributed by atoms with van der Waals surface area (Å²) in [5.41, 5.74) is -0.555. The predicted molar refractivity (Wildman–Crippen MR) is 68.3 cm³/mol. The Bertz CT molecular complexity index is 480. The maximum Gasteiger partial charge on any atom is 0.320 e. The molecule has 17 heavy (non-hydrogen) atoms. The van der Waals surface area contributed by atoms with Gasteiger partial charge in [-0.2, -0.15) is 5.26 Å². The van der Waals surface area contributed by atoms with E-state index in [4.69, 9.17) is 28.5 Å². The Kier molecular flexibility index (Phi) is 4.22. The molecule has 0 atom stereocenters. The van der Waals surface area contributed by atoms with Gasteiger partial charge in [0, 0.05) is 5.02 Å². The van der Waals surface area contributed by atoms with E-state index in [1.807, 2.05) is 6.07 Å². The lowest BCUT2D eigenvalue weighted by atomic mass is 10.1. The number of nitriles is 1. The van der Waals surface area contributed by atoms with Gasteiger partial charge in [0.25, 0.3) is 0 Å². The monoisotopic (exact) mass is 271 g/mol. The molecular formula is C11H11Cl2N3O. The minimum absolute atomic E-state index is 0.374. The minimum atomic E-state index is -0.949. The van der Waals surface area contributed by atoms with Crippen molar-refractivity contribution in [3.63, 3.8) is 0 Å². The van der Waals surface area contributed by atoms with E-state index in [1.54, 1.807) is 26.0 Å². The Morgan fingerprint density at radius 2 is 2.06 bits per heavy atom. The van der Waals surface area contributed by atoms with Gasteiger partial charge >= 0.3 is 6.03 Å². The molecule has 1 rings (SSSR count). The molecule has 1 aromatic rings. The Hall–Kier alpha value is -1.44. The summed E-state index contributed by atoms with van der Waals surface area (Å²) in [6.45, 7) is 3.18. The average molecular weight is 272 g/mol. The lowest BCUT2D eigenvalue weighted by molar-refractivity contribution is 0.246. The van der Waals surface area contributed by atoms with Crippen molar-refractivity contribution in [2.24, 2.45) is 0 Å². The van der Waals surface area contributed by atoms with Crippen LogP contribution in [0.1, 0.15) is 13.8 Å². The van der Waals surface area contributed by atoms with Gasteiger partial charge in [-0.15, -0.1) is 0 Å². The summed E-state index contributed by atoms with van der Waals surface area (Å²) in [4.78, 5) is 11.6. The molecule has 0 heterocycles. The molecular weight excluding hydrogens is 261 g/mol. The fourth-order valence-electron chi connectivity index (χ4n) is 1.06. The van der Waals surface area contributed by atoms with Gasteiger partial charge in [0.2, 0.25) is 0 Å². The molecule has 0 unspecified atom stereocenters. The van der Waals surface area contributed by atoms with E-state index in [9.17, 15) is 4.79 Å². The predicted octanol–water partition coefficient (Wildman–Crippen LogP) is 3.42. The van der Waals surface area contributed by atoms with Gasteiger partial charge in [-0.3, -0.25) is 0 Å². The molecule has 2 N–H and O–H groups in total. The van der Waals surface area contributed by atoms with Crippen LogP contribution in [0.4, 0.5) is 10.5 Å². The second-order valence-corrected chi connectivity index (χ2v) is 4.78. The van der Waals surface area contributed by atoms with Crippen molar-refractivity contribution in [2.75, 3.05) is 5.32 Å². The molecule has 0 radical (unpaired) electrons. The quantitative estimate of drug-likeness (QED) is 0.866. The van der Waals surface area contributed by atoms with Crippen molar-refractivity contribution in [1.29, 1.82) is 5.26 Å². The largest absolute Gasteiger partial charge is 0.320 e. The molecule has 0 aromatic heterocycles. The number of amides is 2. The van der Waals surface area contributed by atoms with Gasteiger partial charge in [0.05, 0.1) is 16.8 Å². The van der Waals surface area contributed by atoms with Crippen LogP contribution in [0.25, 0.3) is 0 Å². The summed E-state index contributed by atoms with van der Waals surface area (Å²) >= 11 is 11.7. The number of carbonyl (C=O) groups excluding carboxylic acids is 1. The zero-order valence-electron chi connectivity index (χ0n) is 9.34. The Labute approximate surface area is 110 Å². The molecule has 0 saturated heterocycles. The number of carbonyl (C=O) groups is 1. The van der Waals surface area contributed by atoms with Gasteiger partial charge in [-0.1, -0.05) is 23.2 Å². The second-order valence-electron chi connectivity index (χ2n) is 3.94. The normalized spacial score (nSPS) is 10.5. The fraction of sp³-hybridized carbons (Fsp3) is 0.273. The number of hydrogen-bond acceptors (Lipinski definition) is 2. The van der Waals surface area contributed by atoms with E-state index in [-0.39, 0.29) is 0 Å². The molecule has 2 amide bonds. The summed E-state index contributed by atoms with van der Waals surface area (Å²) < 4.78 is 0. The first-order chi connectivity index (χ1) is 7.84. The zero-order valence-corrected chi connectivity index (χ0v) is 10.9. The molecule has 0 spiro atoms. The van der Waals surface area contributed by atoms with E-state index in [1.165, 1.54) is 6.07 Å². The van der Waals surface area contributed by atoms with Crippen molar-refractivity contribution in [1.82, 2.24) is 5.32 Å². The summed E-state index contributed by atoms with van der Waals surface area (Å²) in [5.74, 6) is 0. The van der Waals surface area contributed by atoms with Gasteiger partial charge in [-0.25, -0.2) is 4.79 Å². The third-order valence-electron chi connectivity index (χ3n) is 1.88. The molecule has 0 fully saturated rings. The number of benzene rings is 1. The first-order valence-corrected chi connectivity index (χ1v) is 5.55. The standard InChI is InChI=1S/C11H11Cl2N3O/c1-11(2,6-14)16-10(17)15-9-5-7(12)3-4-8(9)13/h3-5H,1-2H3,(H2,15,16,17). The highest BCUT2D eigenvalue weighted by atomic mass is 35.5. The van der Waals surface area contributed by atoms with Crippen LogP contribution in [0.15, 0.2) is 18.2 Å². The van der Waals surface area contributed by atoms with Gasteiger partial charge < -0.3 is 10.6 Å². The van der Waals surface area contributed by atoms with Crippen molar-refractivity contribution >= 4 is 34.9 Å². The molecule has 0 bridgehead atoms. The van der Waals surface area contributed by atoms with Crippen LogP contribution in [0.5, 0.6) is 0 Å². The Balaban J connectivity index is 2.76. The summed E-state index contributed by atoms with van der Waals surface area (Å²) in [7, 11) is 0. The number of nitrogens with one attached hydrogen (secondary N) is 2. The third kappa shape index (κ3) is 4.14. The molecule has 0 aliphatic carbocycles. The number of nitrogens with zero attached hydrogens (tertiary/aromatic N) is 1. The first-order valence-electron chi connectivity index (χ1n) is 4.79. The molecule has 6 heteroatoms. The van der Waals surface area contributed by atoms with Crippen molar-refractivity contribution < 1.29 is 4.79 Å². The minimum Gasteiger partial charge on any atom is -0.320 e. The lowest BCUT2D eigenvalue weighted by Crippen LogP contribution is -2.44. The zero-order chi connectivity index (χ0) is 13.1. The SMILES string of the molecule is CC(C)(C#N)NC(=O)Nc1cc(Cl)ccc1Cl. The second kappa shape index (κ2) is 5.26. The molecule has 90 valence electrons. The summed E-state index contributed by atoms with van der Waals surface area (Å²) in [6.07, 6.45) is 0. The van der Waals surface area contributed by atoms with E-state index >= 15 is 0 Å². The number of halogens is 2. The van der Waals surface area contributed by atoms with Crippen LogP contribution in [-0.2, 0) is 0 Å². The summed E-state index contributed by atoms with van der Waals surface area (Å²) in [6, 6.07) is 6.17. The van der Waals surface area contributed by atoms with Gasteiger partial charge in [0.1, 0.15) is 5.54 Å². The molecule has 1 aromatic carbocycles. The van der Waals surface area contributed by atoms with Crippen LogP contribution in [0.2, 0.25) is 10.0 Å². The van der Waals surface area contributed by atoms with E-state index in [0.29, 0.717) is 15.7 Å². The highest BCUT2D eigenvalue weighted by Crippen LogP contribution is 2.25. The first kappa shape index (κ1) is 13.6. The van der Waals surface area contributed by atoms with E-state index in [2.05, 4.69) is 10.6 Å². The Morgan fingerprint density at radius 1 is 1.41 bits per heavy atom. The van der Waals surface area contributed by atoms with Crippen LogP contribution in [-0.4, -0.2) is 11.6 Å². The van der Waals surface area contributed by atoms with E-state index < -0.39 is 11.6 Å². The molecule has 0 aliphatic rings. The Morgan fingerprint density at radius 3 is 2.65 bits per heavy atom. The summed E-state index contributed by atoms with van der Waals surface area (Å²) in [5, 5.41) is 14.6. The van der Waals surface area contributed by atoms with Crippen molar-refractivity contribution in [3.05, 3.63) is 28.2 Å². The lowest BCUT2D eigenvalue weighted by Gasteiger charge is -2.18. The van der Waals surface area contributed by atoms with Crippen LogP contribution < -0.4 is 10.6 Å². The highest BCUT2D eigenvalue weighted by Gasteiger charge is 2.19. The van der Waals surface area contributed by atoms with Crippen molar-refractivity contribution in [3.8, 4) is 6.07 Å². The van der Waals surface area contributed by atoms with Crippen LogP contribution >= 0.6 is 23.2 Å². The fourth-order valence-corrected chi connectivity index (χ4v) is 1.40. The highest BCUT2D eigenvalue weighted by molar-refractivity contribution is 6.35. The van der Waals surface area contributed by atoms with Gasteiger partial charge in [0.15, 0.2) is 0 Å². The number of rotatable bonds is 2. The maximum absolute atomic E-state index is 11.6. The van der Waals surface area contributed by atoms with E-state index in [0.717, 1.165) is 0 Å². The molecule has 4 nitrogen and oxygen atoms in total. The molecule has 0 saturated carbocycles. The third-order valence-corrected chi connectivity index (χ3v) is 2.45. The molecule has 0 aliphatic heterocycles. The maximum atomic E-state index is 11.6. The van der Waals surface area contributed by atoms with Crippen LogP contribution in [0.3, 0.4) is 0 Å². The van der Waals surface area contributed by atoms with Crippen molar-refractivity contribution in [2.45, 2.75) is 19.4 Å². The number of hydrogen-bond donors (Lipinski definition) is 2. The number of urea groups is 1. The smallest absolute Gasteiger partial charge is 0.320 e. The number of anilines is 1. The average Bonchev–Trinajstić information content (AvgIpc) is 2.23.